The fraction of sp³-hybridized carbons (Fsp3) is 0.429. The Morgan fingerprint density at radius 2 is 2.06 bits per heavy atom. The summed E-state index contributed by atoms with van der Waals surface area (Å²) in [5.74, 6) is 0. The second kappa shape index (κ2) is 4.20. The zero-order chi connectivity index (χ0) is 11.7. The number of nitrogens with zero attached hydrogens (tertiary/aromatic N) is 2. The van der Waals surface area contributed by atoms with E-state index in [2.05, 4.69) is 68.1 Å². The van der Waals surface area contributed by atoms with Crippen LogP contribution in [0.5, 0.6) is 0 Å². The first-order chi connectivity index (χ1) is 7.63. The summed E-state index contributed by atoms with van der Waals surface area (Å²) in [7, 11) is 4.16. The van der Waals surface area contributed by atoms with Crippen LogP contribution in [0.1, 0.15) is 19.4 Å². The van der Waals surface area contributed by atoms with Crippen molar-refractivity contribution in [2.75, 3.05) is 30.4 Å². The van der Waals surface area contributed by atoms with Crippen LogP contribution in [0.2, 0.25) is 0 Å². The topological polar surface area (TPSA) is 6.48 Å². The molecule has 1 aromatic rings. The summed E-state index contributed by atoms with van der Waals surface area (Å²) < 4.78 is 0. The highest BCUT2D eigenvalue weighted by Crippen LogP contribution is 2.31. The highest BCUT2D eigenvalue weighted by atomic mass is 15.2. The maximum atomic E-state index is 2.43. The maximum absolute atomic E-state index is 2.43. The Morgan fingerprint density at radius 1 is 1.31 bits per heavy atom. The van der Waals surface area contributed by atoms with Crippen molar-refractivity contribution >= 4 is 17.5 Å². The van der Waals surface area contributed by atoms with Gasteiger partial charge in [0, 0.05) is 38.1 Å². The molecule has 2 nitrogen and oxygen atoms in total. The second-order valence-corrected chi connectivity index (χ2v) is 4.52. The average molecular weight is 216 g/mol. The third kappa shape index (κ3) is 1.80. The molecule has 0 radical (unpaired) electrons. The minimum absolute atomic E-state index is 0.503. The molecule has 1 atom stereocenters. The van der Waals surface area contributed by atoms with Gasteiger partial charge in [0.05, 0.1) is 0 Å². The minimum atomic E-state index is 0.503. The van der Waals surface area contributed by atoms with Gasteiger partial charge < -0.3 is 9.80 Å². The minimum Gasteiger partial charge on any atom is -0.378 e. The Hall–Kier alpha value is -1.44. The van der Waals surface area contributed by atoms with Crippen molar-refractivity contribution in [2.45, 2.75) is 19.9 Å². The number of hydrogen-bond acceptors (Lipinski definition) is 2. The van der Waals surface area contributed by atoms with Gasteiger partial charge in [-0.2, -0.15) is 0 Å². The normalized spacial score (nSPS) is 18.5. The Labute approximate surface area is 98.2 Å². The van der Waals surface area contributed by atoms with Crippen LogP contribution in [-0.4, -0.2) is 26.7 Å². The van der Waals surface area contributed by atoms with Gasteiger partial charge in [0.15, 0.2) is 0 Å². The third-order valence-electron chi connectivity index (χ3n) is 3.22. The van der Waals surface area contributed by atoms with Gasteiger partial charge in [-0.3, -0.25) is 0 Å². The van der Waals surface area contributed by atoms with Crippen LogP contribution in [0, 0.1) is 0 Å². The molecule has 1 unspecified atom stereocenters. The van der Waals surface area contributed by atoms with E-state index in [0.717, 1.165) is 6.54 Å². The molecule has 0 saturated heterocycles. The molecule has 1 aliphatic rings. The molecule has 0 saturated carbocycles. The molecule has 1 aliphatic heterocycles. The van der Waals surface area contributed by atoms with E-state index in [4.69, 9.17) is 0 Å². The van der Waals surface area contributed by atoms with E-state index in [1.54, 1.807) is 0 Å². The maximum Gasteiger partial charge on any atom is 0.0448 e. The largest absolute Gasteiger partial charge is 0.378 e. The van der Waals surface area contributed by atoms with Crippen LogP contribution in [0.3, 0.4) is 0 Å². The van der Waals surface area contributed by atoms with Crippen molar-refractivity contribution in [3.8, 4) is 0 Å². The lowest BCUT2D eigenvalue weighted by atomic mass is 10.0. The summed E-state index contributed by atoms with van der Waals surface area (Å²) >= 11 is 0. The summed E-state index contributed by atoms with van der Waals surface area (Å²) in [6.07, 6.45) is 4.50. The van der Waals surface area contributed by atoms with E-state index in [1.807, 2.05) is 0 Å². The van der Waals surface area contributed by atoms with Gasteiger partial charge in [0.1, 0.15) is 0 Å². The Bertz CT molecular complexity index is 407. The smallest absolute Gasteiger partial charge is 0.0448 e. The number of hydrogen-bond donors (Lipinski definition) is 0. The molecule has 16 heavy (non-hydrogen) atoms. The van der Waals surface area contributed by atoms with Crippen LogP contribution in [0.4, 0.5) is 11.4 Å². The van der Waals surface area contributed by atoms with E-state index in [-0.39, 0.29) is 0 Å². The predicted molar refractivity (Wildman–Crippen MR) is 72.3 cm³/mol. The average Bonchev–Trinajstić information content (AvgIpc) is 2.28. The van der Waals surface area contributed by atoms with Gasteiger partial charge in [-0.15, -0.1) is 0 Å². The molecule has 1 heterocycles. The fourth-order valence-electron chi connectivity index (χ4n) is 2.24. The Morgan fingerprint density at radius 3 is 2.69 bits per heavy atom. The van der Waals surface area contributed by atoms with Crippen LogP contribution in [0.15, 0.2) is 24.3 Å². The molecule has 0 aliphatic carbocycles. The molecule has 0 bridgehead atoms. The highest BCUT2D eigenvalue weighted by molar-refractivity contribution is 5.75. The van der Waals surface area contributed by atoms with Crippen LogP contribution in [-0.2, 0) is 0 Å². The van der Waals surface area contributed by atoms with Crippen LogP contribution >= 0.6 is 0 Å². The molecule has 2 heteroatoms. The van der Waals surface area contributed by atoms with E-state index in [9.17, 15) is 0 Å². The van der Waals surface area contributed by atoms with Gasteiger partial charge in [0.2, 0.25) is 0 Å². The van der Waals surface area contributed by atoms with Crippen molar-refractivity contribution in [1.29, 1.82) is 0 Å². The zero-order valence-electron chi connectivity index (χ0n) is 10.6. The van der Waals surface area contributed by atoms with E-state index in [1.165, 1.54) is 16.9 Å². The van der Waals surface area contributed by atoms with Crippen LogP contribution < -0.4 is 9.80 Å². The number of rotatable bonds is 2. The molecule has 0 aromatic heterocycles. The lowest BCUT2D eigenvalue weighted by Gasteiger charge is -2.33. The van der Waals surface area contributed by atoms with Crippen molar-refractivity contribution in [3.05, 3.63) is 29.8 Å². The number of fused-ring (bicyclic) bond motifs is 1. The van der Waals surface area contributed by atoms with Gasteiger partial charge in [0.25, 0.3) is 0 Å². The SMILES string of the molecule is CCN1c2ccc(N(C)C)cc2C=CC1C. The monoisotopic (exact) mass is 216 g/mol. The molecule has 0 fully saturated rings. The molecule has 2 rings (SSSR count). The number of benzene rings is 1. The fourth-order valence-corrected chi connectivity index (χ4v) is 2.24. The number of likely N-dealkylation sites (N-methyl/N-ethyl adjacent to an activating group) is 1. The van der Waals surface area contributed by atoms with Crippen molar-refractivity contribution in [3.63, 3.8) is 0 Å². The summed E-state index contributed by atoms with van der Waals surface area (Å²) in [4.78, 5) is 4.57. The van der Waals surface area contributed by atoms with Gasteiger partial charge >= 0.3 is 0 Å². The Balaban J connectivity index is 2.44. The molecule has 0 N–H and O–H groups in total. The Kier molecular flexibility index (Phi) is 2.90. The lowest BCUT2D eigenvalue weighted by molar-refractivity contribution is 0.753. The first-order valence-electron chi connectivity index (χ1n) is 5.89. The molecular weight excluding hydrogens is 196 g/mol. The number of anilines is 2. The standard InChI is InChI=1S/C14H20N2/c1-5-16-11(2)6-7-12-10-13(15(3)4)8-9-14(12)16/h6-11H,5H2,1-4H3. The molecule has 86 valence electrons. The van der Waals surface area contributed by atoms with Gasteiger partial charge in [-0.25, -0.2) is 0 Å². The van der Waals surface area contributed by atoms with E-state index >= 15 is 0 Å². The van der Waals surface area contributed by atoms with Gasteiger partial charge in [-0.1, -0.05) is 12.2 Å². The van der Waals surface area contributed by atoms with Crippen LogP contribution in [0.25, 0.3) is 6.08 Å². The van der Waals surface area contributed by atoms with Crippen molar-refractivity contribution in [1.82, 2.24) is 0 Å². The molecule has 1 aromatic carbocycles. The quantitative estimate of drug-likeness (QED) is 0.750. The van der Waals surface area contributed by atoms with Crippen molar-refractivity contribution in [2.24, 2.45) is 0 Å². The lowest BCUT2D eigenvalue weighted by Crippen LogP contribution is -2.33. The van der Waals surface area contributed by atoms with Gasteiger partial charge in [-0.05, 0) is 37.6 Å². The summed E-state index contributed by atoms with van der Waals surface area (Å²) in [6.45, 7) is 5.50. The first-order valence-corrected chi connectivity index (χ1v) is 5.89. The zero-order valence-corrected chi connectivity index (χ0v) is 10.6. The van der Waals surface area contributed by atoms with E-state index < -0.39 is 0 Å². The second-order valence-electron chi connectivity index (χ2n) is 4.52. The molecule has 0 spiro atoms. The first kappa shape index (κ1) is 11.1. The molecule has 0 amide bonds. The third-order valence-corrected chi connectivity index (χ3v) is 3.22. The predicted octanol–water partition coefficient (Wildman–Crippen LogP) is 2.99. The molecular formula is C14H20N2. The van der Waals surface area contributed by atoms with E-state index in [0.29, 0.717) is 6.04 Å². The highest BCUT2D eigenvalue weighted by Gasteiger charge is 2.17. The van der Waals surface area contributed by atoms with Crippen molar-refractivity contribution < 1.29 is 0 Å². The summed E-state index contributed by atoms with van der Waals surface area (Å²) in [5, 5.41) is 0. The summed E-state index contributed by atoms with van der Waals surface area (Å²) in [5.41, 5.74) is 3.93. The summed E-state index contributed by atoms with van der Waals surface area (Å²) in [6, 6.07) is 7.17.